The van der Waals surface area contributed by atoms with Crippen LogP contribution in [-0.4, -0.2) is 36.6 Å². The second-order valence-corrected chi connectivity index (χ2v) is 4.97. The quantitative estimate of drug-likeness (QED) is 0.846. The fourth-order valence-corrected chi connectivity index (χ4v) is 2.38. The first-order valence-electron chi connectivity index (χ1n) is 7.05. The van der Waals surface area contributed by atoms with Gasteiger partial charge in [-0.1, -0.05) is 18.2 Å². The molecule has 2 aromatic rings. The van der Waals surface area contributed by atoms with Crippen molar-refractivity contribution in [2.45, 2.75) is 12.8 Å². The highest BCUT2D eigenvalue weighted by atomic mass is 16.3. The predicted octanol–water partition coefficient (Wildman–Crippen LogP) is 2.10. The number of furan rings is 1. The van der Waals surface area contributed by atoms with Crippen LogP contribution in [0.3, 0.4) is 0 Å². The number of carbonyl (C=O) groups excluding carboxylic acids is 2. The normalized spacial score (nSPS) is 14.5. The number of imide groups is 1. The molecular formula is C15H17N3O3. The van der Waals surface area contributed by atoms with Crippen LogP contribution in [0.2, 0.25) is 0 Å². The molecule has 21 heavy (non-hydrogen) atoms. The number of benzene rings is 1. The van der Waals surface area contributed by atoms with Crippen LogP contribution < -0.4 is 10.6 Å². The maximum atomic E-state index is 11.7. The number of hydrogen-bond donors (Lipinski definition) is 2. The van der Waals surface area contributed by atoms with Crippen LogP contribution in [0.1, 0.15) is 12.2 Å². The van der Waals surface area contributed by atoms with Crippen molar-refractivity contribution in [1.29, 1.82) is 0 Å². The molecule has 0 radical (unpaired) electrons. The van der Waals surface area contributed by atoms with Crippen LogP contribution in [0.25, 0.3) is 11.0 Å². The molecule has 1 aromatic carbocycles. The number of nitrogens with one attached hydrogen (secondary N) is 2. The first-order valence-corrected chi connectivity index (χ1v) is 7.05. The third kappa shape index (κ3) is 2.99. The van der Waals surface area contributed by atoms with E-state index in [1.54, 1.807) is 0 Å². The monoisotopic (exact) mass is 287 g/mol. The summed E-state index contributed by atoms with van der Waals surface area (Å²) in [5, 5.41) is 6.42. The third-order valence-corrected chi connectivity index (χ3v) is 3.45. The van der Waals surface area contributed by atoms with Gasteiger partial charge < -0.3 is 15.1 Å². The van der Waals surface area contributed by atoms with Gasteiger partial charge >= 0.3 is 12.1 Å². The van der Waals surface area contributed by atoms with Gasteiger partial charge in [0.05, 0.1) is 0 Å². The zero-order chi connectivity index (χ0) is 14.7. The molecule has 110 valence electrons. The molecule has 1 aliphatic rings. The Bertz CT molecular complexity index is 632. The first-order chi connectivity index (χ1) is 10.2. The zero-order valence-corrected chi connectivity index (χ0v) is 11.6. The van der Waals surface area contributed by atoms with Gasteiger partial charge in [-0.2, -0.15) is 0 Å². The summed E-state index contributed by atoms with van der Waals surface area (Å²) in [6.45, 7) is 1.46. The Morgan fingerprint density at radius 2 is 2.24 bits per heavy atom. The molecule has 0 spiro atoms. The number of hydrogen-bond acceptors (Lipinski definition) is 3. The lowest BCUT2D eigenvalue weighted by Gasteiger charge is -2.12. The summed E-state index contributed by atoms with van der Waals surface area (Å²) < 4.78 is 5.70. The van der Waals surface area contributed by atoms with Crippen molar-refractivity contribution in [2.24, 2.45) is 0 Å². The van der Waals surface area contributed by atoms with Crippen molar-refractivity contribution in [3.05, 3.63) is 36.1 Å². The van der Waals surface area contributed by atoms with Crippen molar-refractivity contribution >= 4 is 23.0 Å². The minimum atomic E-state index is -0.338. The van der Waals surface area contributed by atoms with Crippen molar-refractivity contribution in [1.82, 2.24) is 15.5 Å². The van der Waals surface area contributed by atoms with Gasteiger partial charge in [-0.25, -0.2) is 14.5 Å². The van der Waals surface area contributed by atoms with Crippen molar-refractivity contribution in [2.75, 3.05) is 19.6 Å². The predicted molar refractivity (Wildman–Crippen MR) is 78.0 cm³/mol. The molecular weight excluding hydrogens is 270 g/mol. The largest absolute Gasteiger partial charge is 0.461 e. The van der Waals surface area contributed by atoms with Crippen LogP contribution in [0, 0.1) is 0 Å². The molecule has 1 fully saturated rings. The molecule has 4 amide bonds. The number of amides is 4. The molecule has 0 saturated carbocycles. The van der Waals surface area contributed by atoms with Crippen LogP contribution in [-0.2, 0) is 6.42 Å². The second-order valence-electron chi connectivity index (χ2n) is 4.97. The van der Waals surface area contributed by atoms with E-state index in [1.165, 1.54) is 4.90 Å². The highest BCUT2D eigenvalue weighted by Crippen LogP contribution is 2.19. The standard InChI is InChI=1S/C15H17N3O3/c19-14(18-9-8-17-15(18)20)16-7-3-5-12-10-11-4-1-2-6-13(11)21-12/h1-2,4,6,10H,3,5,7-9H2,(H,16,19)(H,17,20). The van der Waals surface area contributed by atoms with E-state index < -0.39 is 0 Å². The summed E-state index contributed by atoms with van der Waals surface area (Å²) in [5.41, 5.74) is 0.880. The fourth-order valence-electron chi connectivity index (χ4n) is 2.38. The molecule has 0 aliphatic carbocycles. The van der Waals surface area contributed by atoms with E-state index >= 15 is 0 Å². The van der Waals surface area contributed by atoms with E-state index in [2.05, 4.69) is 10.6 Å². The number of carbonyl (C=O) groups is 2. The van der Waals surface area contributed by atoms with Crippen molar-refractivity contribution in [3.8, 4) is 0 Å². The van der Waals surface area contributed by atoms with E-state index in [0.29, 0.717) is 19.6 Å². The smallest absolute Gasteiger partial charge is 0.325 e. The van der Waals surface area contributed by atoms with Crippen LogP contribution in [0.15, 0.2) is 34.7 Å². The SMILES string of the molecule is O=C(NCCCc1cc2ccccc2o1)N1CCNC1=O. The van der Waals surface area contributed by atoms with Gasteiger partial charge in [-0.05, 0) is 18.6 Å². The van der Waals surface area contributed by atoms with Gasteiger partial charge in [-0.15, -0.1) is 0 Å². The summed E-state index contributed by atoms with van der Waals surface area (Å²) in [6.07, 6.45) is 1.52. The minimum absolute atomic E-state index is 0.329. The number of fused-ring (bicyclic) bond motifs is 1. The summed E-state index contributed by atoms with van der Waals surface area (Å²) in [7, 11) is 0. The van der Waals surface area contributed by atoms with E-state index in [-0.39, 0.29) is 12.1 Å². The van der Waals surface area contributed by atoms with Gasteiger partial charge in [0, 0.05) is 31.4 Å². The zero-order valence-electron chi connectivity index (χ0n) is 11.6. The Kier molecular flexibility index (Phi) is 3.77. The molecule has 1 saturated heterocycles. The van der Waals surface area contributed by atoms with E-state index in [4.69, 9.17) is 4.42 Å². The minimum Gasteiger partial charge on any atom is -0.461 e. The molecule has 2 N–H and O–H groups in total. The van der Waals surface area contributed by atoms with E-state index in [1.807, 2.05) is 30.3 Å². The molecule has 2 heterocycles. The molecule has 0 unspecified atom stereocenters. The maximum Gasteiger partial charge on any atom is 0.325 e. The van der Waals surface area contributed by atoms with Crippen molar-refractivity contribution in [3.63, 3.8) is 0 Å². The highest BCUT2D eigenvalue weighted by molar-refractivity contribution is 5.94. The number of para-hydroxylation sites is 1. The van der Waals surface area contributed by atoms with Crippen LogP contribution in [0.4, 0.5) is 9.59 Å². The number of rotatable bonds is 4. The summed E-state index contributed by atoms with van der Waals surface area (Å²) in [4.78, 5) is 24.2. The fraction of sp³-hybridized carbons (Fsp3) is 0.333. The van der Waals surface area contributed by atoms with Crippen LogP contribution in [0.5, 0.6) is 0 Å². The molecule has 6 nitrogen and oxygen atoms in total. The Morgan fingerprint density at radius 3 is 3.00 bits per heavy atom. The molecule has 1 aliphatic heterocycles. The average molecular weight is 287 g/mol. The first kappa shape index (κ1) is 13.5. The van der Waals surface area contributed by atoms with E-state index in [0.717, 1.165) is 29.6 Å². The van der Waals surface area contributed by atoms with Gasteiger partial charge in [0.2, 0.25) is 0 Å². The lowest BCUT2D eigenvalue weighted by atomic mass is 10.2. The Morgan fingerprint density at radius 1 is 1.38 bits per heavy atom. The summed E-state index contributed by atoms with van der Waals surface area (Å²) in [6, 6.07) is 9.22. The Labute approximate surface area is 122 Å². The second kappa shape index (κ2) is 5.87. The topological polar surface area (TPSA) is 74.6 Å². The Balaban J connectivity index is 1.45. The lowest BCUT2D eigenvalue weighted by Crippen LogP contribution is -2.42. The number of nitrogens with zero attached hydrogens (tertiary/aromatic N) is 1. The van der Waals surface area contributed by atoms with Crippen LogP contribution >= 0.6 is 0 Å². The van der Waals surface area contributed by atoms with Gasteiger partial charge in [-0.3, -0.25) is 0 Å². The summed E-state index contributed by atoms with van der Waals surface area (Å²) in [5.74, 6) is 0.907. The molecule has 6 heteroatoms. The van der Waals surface area contributed by atoms with Gasteiger partial charge in [0.15, 0.2) is 0 Å². The number of aryl methyl sites for hydroxylation is 1. The number of urea groups is 2. The maximum absolute atomic E-state index is 11.7. The molecule has 3 rings (SSSR count). The van der Waals surface area contributed by atoms with E-state index in [9.17, 15) is 9.59 Å². The molecule has 0 bridgehead atoms. The Hall–Kier alpha value is -2.50. The van der Waals surface area contributed by atoms with Gasteiger partial charge in [0.1, 0.15) is 11.3 Å². The average Bonchev–Trinajstić information content (AvgIpc) is 3.08. The lowest BCUT2D eigenvalue weighted by molar-refractivity contribution is 0.199. The molecule has 0 atom stereocenters. The third-order valence-electron chi connectivity index (χ3n) is 3.45. The molecule has 1 aromatic heterocycles. The highest BCUT2D eigenvalue weighted by Gasteiger charge is 2.25. The summed E-state index contributed by atoms with van der Waals surface area (Å²) >= 11 is 0. The van der Waals surface area contributed by atoms with Gasteiger partial charge in [0.25, 0.3) is 0 Å². The van der Waals surface area contributed by atoms with Crippen molar-refractivity contribution < 1.29 is 14.0 Å².